The van der Waals surface area contributed by atoms with Crippen LogP contribution in [0, 0.1) is 5.92 Å². The third kappa shape index (κ3) is 3.67. The molecule has 0 amide bonds. The molecule has 4 nitrogen and oxygen atoms in total. The molecule has 0 bridgehead atoms. The van der Waals surface area contributed by atoms with Crippen LogP contribution in [0.1, 0.15) is 44.0 Å². The van der Waals surface area contributed by atoms with E-state index in [1.807, 2.05) is 24.5 Å². The summed E-state index contributed by atoms with van der Waals surface area (Å²) in [5.74, 6) is 2.02. The van der Waals surface area contributed by atoms with Crippen molar-refractivity contribution in [2.24, 2.45) is 13.0 Å². The highest BCUT2D eigenvalue weighted by Gasteiger charge is 2.25. The monoisotopic (exact) mass is 390 g/mol. The Kier molecular flexibility index (Phi) is 5.44. The molecule has 144 valence electrons. The summed E-state index contributed by atoms with van der Waals surface area (Å²) in [5, 5.41) is 4.37. The van der Waals surface area contributed by atoms with E-state index in [1.165, 1.54) is 10.3 Å². The van der Waals surface area contributed by atoms with Gasteiger partial charge < -0.3 is 9.88 Å². The zero-order chi connectivity index (χ0) is 19.5. The molecule has 1 unspecified atom stereocenters. The van der Waals surface area contributed by atoms with Crippen molar-refractivity contribution in [1.29, 1.82) is 0 Å². The van der Waals surface area contributed by atoms with Crippen LogP contribution in [0.4, 0.5) is 10.8 Å². The van der Waals surface area contributed by atoms with Crippen LogP contribution < -0.4 is 5.32 Å². The highest BCUT2D eigenvalue weighted by Crippen LogP contribution is 2.36. The number of aromatic nitrogens is 3. The fraction of sp³-hybridized carbons (Fsp3) is 0.304. The van der Waals surface area contributed by atoms with Crippen molar-refractivity contribution < 1.29 is 0 Å². The van der Waals surface area contributed by atoms with Gasteiger partial charge in [-0.1, -0.05) is 62.3 Å². The minimum atomic E-state index is 0.312. The predicted molar refractivity (Wildman–Crippen MR) is 118 cm³/mol. The Morgan fingerprint density at radius 2 is 1.79 bits per heavy atom. The SMILES string of the molecule is CCC(CC)C(c1ccc(Nc2nc3ccccc3s2)cc1)c1nccn1C. The van der Waals surface area contributed by atoms with Gasteiger partial charge in [-0.25, -0.2) is 9.97 Å². The molecule has 28 heavy (non-hydrogen) atoms. The number of nitrogens with zero attached hydrogens (tertiary/aromatic N) is 3. The molecule has 2 heterocycles. The highest BCUT2D eigenvalue weighted by atomic mass is 32.1. The lowest BCUT2D eigenvalue weighted by molar-refractivity contribution is 0.418. The molecule has 2 aromatic heterocycles. The second-order valence-corrected chi connectivity index (χ2v) is 8.21. The van der Waals surface area contributed by atoms with Crippen LogP contribution in [0.3, 0.4) is 0 Å². The standard InChI is InChI=1S/C23H26N4S/c1-4-16(5-2)21(22-24-14-15-27(22)3)17-10-12-18(13-11-17)25-23-26-19-8-6-7-9-20(19)28-23/h6-16,21H,4-5H2,1-3H3,(H,25,26). The van der Waals surface area contributed by atoms with Gasteiger partial charge in [0.05, 0.1) is 10.2 Å². The normalized spacial score (nSPS) is 12.6. The molecule has 0 saturated carbocycles. The summed E-state index contributed by atoms with van der Waals surface area (Å²) in [6.07, 6.45) is 6.21. The van der Waals surface area contributed by atoms with Gasteiger partial charge in [-0.15, -0.1) is 0 Å². The molecule has 5 heteroatoms. The van der Waals surface area contributed by atoms with Crippen LogP contribution in [-0.4, -0.2) is 14.5 Å². The van der Waals surface area contributed by atoms with Crippen molar-refractivity contribution in [2.45, 2.75) is 32.6 Å². The molecule has 0 fully saturated rings. The minimum absolute atomic E-state index is 0.312. The van der Waals surface area contributed by atoms with Crippen LogP contribution in [0.5, 0.6) is 0 Å². The fourth-order valence-corrected chi connectivity index (χ4v) is 4.78. The number of para-hydroxylation sites is 1. The maximum Gasteiger partial charge on any atom is 0.188 e. The molecular formula is C23H26N4S. The molecule has 0 aliphatic heterocycles. The maximum absolute atomic E-state index is 4.67. The van der Waals surface area contributed by atoms with Gasteiger partial charge in [0.2, 0.25) is 0 Å². The molecule has 1 N–H and O–H groups in total. The number of benzene rings is 2. The van der Waals surface area contributed by atoms with Gasteiger partial charge in [0, 0.05) is 31.0 Å². The third-order valence-corrected chi connectivity index (χ3v) is 6.42. The van der Waals surface area contributed by atoms with Gasteiger partial charge >= 0.3 is 0 Å². The maximum atomic E-state index is 4.67. The predicted octanol–water partition coefficient (Wildman–Crippen LogP) is 6.34. The van der Waals surface area contributed by atoms with E-state index in [0.29, 0.717) is 11.8 Å². The summed E-state index contributed by atoms with van der Waals surface area (Å²) in [4.78, 5) is 9.33. The summed E-state index contributed by atoms with van der Waals surface area (Å²) in [6.45, 7) is 4.54. The smallest absolute Gasteiger partial charge is 0.188 e. The largest absolute Gasteiger partial charge is 0.337 e. The molecule has 0 spiro atoms. The van der Waals surface area contributed by atoms with Crippen LogP contribution in [-0.2, 0) is 7.05 Å². The number of nitrogens with one attached hydrogen (secondary N) is 1. The Morgan fingerprint density at radius 1 is 1.04 bits per heavy atom. The number of hydrogen-bond donors (Lipinski definition) is 1. The fourth-order valence-electron chi connectivity index (χ4n) is 3.89. The van der Waals surface area contributed by atoms with Crippen LogP contribution in [0.25, 0.3) is 10.2 Å². The Morgan fingerprint density at radius 3 is 2.43 bits per heavy atom. The van der Waals surface area contributed by atoms with Crippen molar-refractivity contribution in [3.8, 4) is 0 Å². The summed E-state index contributed by atoms with van der Waals surface area (Å²) >= 11 is 1.68. The lowest BCUT2D eigenvalue weighted by Crippen LogP contribution is -2.17. The number of rotatable bonds is 7. The molecule has 2 aromatic carbocycles. The van der Waals surface area contributed by atoms with E-state index in [9.17, 15) is 0 Å². The molecule has 4 aromatic rings. The van der Waals surface area contributed by atoms with Gasteiger partial charge in [0.25, 0.3) is 0 Å². The molecule has 0 saturated heterocycles. The first-order chi connectivity index (χ1) is 13.7. The van der Waals surface area contributed by atoms with Crippen LogP contribution >= 0.6 is 11.3 Å². The summed E-state index contributed by atoms with van der Waals surface area (Å²) in [7, 11) is 2.08. The Balaban J connectivity index is 1.60. The number of thiazole rings is 1. The Labute approximate surface area is 170 Å². The first-order valence-corrected chi connectivity index (χ1v) is 10.7. The van der Waals surface area contributed by atoms with Crippen molar-refractivity contribution in [2.75, 3.05) is 5.32 Å². The van der Waals surface area contributed by atoms with Crippen molar-refractivity contribution >= 4 is 32.4 Å². The number of fused-ring (bicyclic) bond motifs is 1. The lowest BCUT2D eigenvalue weighted by Gasteiger charge is -2.25. The average Bonchev–Trinajstić information content (AvgIpc) is 3.32. The second-order valence-electron chi connectivity index (χ2n) is 7.18. The summed E-state index contributed by atoms with van der Waals surface area (Å²) in [5.41, 5.74) is 3.42. The minimum Gasteiger partial charge on any atom is -0.337 e. The zero-order valence-corrected chi connectivity index (χ0v) is 17.4. The zero-order valence-electron chi connectivity index (χ0n) is 16.6. The average molecular weight is 391 g/mol. The van der Waals surface area contributed by atoms with Crippen molar-refractivity contribution in [1.82, 2.24) is 14.5 Å². The molecule has 4 rings (SSSR count). The number of hydrogen-bond acceptors (Lipinski definition) is 4. The van der Waals surface area contributed by atoms with E-state index >= 15 is 0 Å². The van der Waals surface area contributed by atoms with Gasteiger partial charge in [0.1, 0.15) is 5.82 Å². The summed E-state index contributed by atoms with van der Waals surface area (Å²) in [6, 6.07) is 17.0. The number of imidazole rings is 1. The molecular weight excluding hydrogens is 364 g/mol. The van der Waals surface area contributed by atoms with Crippen LogP contribution in [0.2, 0.25) is 0 Å². The topological polar surface area (TPSA) is 42.7 Å². The second kappa shape index (κ2) is 8.15. The first-order valence-electron chi connectivity index (χ1n) is 9.89. The van der Waals surface area contributed by atoms with E-state index in [4.69, 9.17) is 0 Å². The first kappa shape index (κ1) is 18.7. The van der Waals surface area contributed by atoms with Gasteiger partial charge in [0.15, 0.2) is 5.13 Å². The van der Waals surface area contributed by atoms with E-state index in [0.717, 1.165) is 35.0 Å². The number of anilines is 2. The number of aryl methyl sites for hydroxylation is 1. The van der Waals surface area contributed by atoms with Crippen LogP contribution in [0.15, 0.2) is 60.9 Å². The van der Waals surface area contributed by atoms with E-state index in [1.54, 1.807) is 11.3 Å². The van der Waals surface area contributed by atoms with Crippen molar-refractivity contribution in [3.05, 3.63) is 72.3 Å². The quantitative estimate of drug-likeness (QED) is 0.400. The molecule has 0 aliphatic carbocycles. The Hall–Kier alpha value is -2.66. The third-order valence-electron chi connectivity index (χ3n) is 5.47. The molecule has 0 aliphatic rings. The van der Waals surface area contributed by atoms with Crippen molar-refractivity contribution in [3.63, 3.8) is 0 Å². The van der Waals surface area contributed by atoms with Gasteiger partial charge in [-0.2, -0.15) is 0 Å². The summed E-state index contributed by atoms with van der Waals surface area (Å²) < 4.78 is 3.35. The van der Waals surface area contributed by atoms with Gasteiger partial charge in [-0.3, -0.25) is 0 Å². The van der Waals surface area contributed by atoms with E-state index < -0.39 is 0 Å². The lowest BCUT2D eigenvalue weighted by atomic mass is 9.82. The molecule has 1 atom stereocenters. The van der Waals surface area contributed by atoms with E-state index in [2.05, 4.69) is 77.1 Å². The van der Waals surface area contributed by atoms with E-state index in [-0.39, 0.29) is 0 Å². The Bertz CT molecular complexity index is 1010. The van der Waals surface area contributed by atoms with Gasteiger partial charge in [-0.05, 0) is 35.7 Å². The molecule has 0 radical (unpaired) electrons. The highest BCUT2D eigenvalue weighted by molar-refractivity contribution is 7.22.